The predicted octanol–water partition coefficient (Wildman–Crippen LogP) is 3.96. The van der Waals surface area contributed by atoms with E-state index in [1.165, 1.54) is 0 Å². The number of nitrogens with zero attached hydrogens (tertiary/aromatic N) is 1. The van der Waals surface area contributed by atoms with Crippen molar-refractivity contribution < 1.29 is 9.59 Å². The molecule has 0 aliphatic carbocycles. The molecule has 1 atom stereocenters. The summed E-state index contributed by atoms with van der Waals surface area (Å²) in [5, 5.41) is 6.78. The Hall–Kier alpha value is -2.73. The van der Waals surface area contributed by atoms with Gasteiger partial charge >= 0.3 is 0 Å². The first kappa shape index (κ1) is 16.7. The van der Waals surface area contributed by atoms with E-state index in [0.717, 1.165) is 32.9 Å². The number of benzene rings is 2. The molecule has 2 aromatic carbocycles. The average Bonchev–Trinajstić information content (AvgIpc) is 3.26. The maximum atomic E-state index is 12.2. The molecule has 2 amide bonds. The van der Waals surface area contributed by atoms with E-state index in [9.17, 15) is 9.59 Å². The summed E-state index contributed by atoms with van der Waals surface area (Å²) in [6.07, 6.45) is 2.46. The Labute approximate surface area is 155 Å². The highest BCUT2D eigenvalue weighted by atomic mass is 32.1. The monoisotopic (exact) mass is 365 g/mol. The van der Waals surface area contributed by atoms with Crippen LogP contribution in [0.1, 0.15) is 25.7 Å². The van der Waals surface area contributed by atoms with E-state index in [4.69, 9.17) is 0 Å². The minimum Gasteiger partial charge on any atom is -0.353 e. The quantitative estimate of drug-likeness (QED) is 0.719. The van der Waals surface area contributed by atoms with Gasteiger partial charge in [0.25, 0.3) is 0 Å². The van der Waals surface area contributed by atoms with E-state index in [1.54, 1.807) is 11.3 Å². The van der Waals surface area contributed by atoms with Gasteiger partial charge in [0.2, 0.25) is 11.8 Å². The van der Waals surface area contributed by atoms with Gasteiger partial charge in [-0.25, -0.2) is 4.98 Å². The lowest BCUT2D eigenvalue weighted by Gasteiger charge is -2.10. The third kappa shape index (κ3) is 3.75. The number of carbonyl (C=O) groups is 2. The lowest BCUT2D eigenvalue weighted by Crippen LogP contribution is -2.26. The Kier molecular flexibility index (Phi) is 4.67. The fourth-order valence-electron chi connectivity index (χ4n) is 3.15. The number of thiazole rings is 1. The van der Waals surface area contributed by atoms with Crippen LogP contribution in [0.4, 0.5) is 5.69 Å². The van der Waals surface area contributed by atoms with Crippen LogP contribution in [0.3, 0.4) is 0 Å². The molecule has 132 valence electrons. The van der Waals surface area contributed by atoms with Gasteiger partial charge in [-0.1, -0.05) is 24.3 Å². The number of anilines is 1. The minimum absolute atomic E-state index is 0.0346. The number of rotatable bonds is 5. The summed E-state index contributed by atoms with van der Waals surface area (Å²) in [6, 6.07) is 15.9. The third-order valence-electron chi connectivity index (χ3n) is 4.49. The number of aromatic nitrogens is 1. The number of para-hydroxylation sites is 1. The molecule has 2 N–H and O–H groups in total. The van der Waals surface area contributed by atoms with Crippen LogP contribution in [0.15, 0.2) is 48.5 Å². The maximum absolute atomic E-state index is 12.2. The van der Waals surface area contributed by atoms with Crippen molar-refractivity contribution in [3.63, 3.8) is 0 Å². The Morgan fingerprint density at radius 2 is 2.12 bits per heavy atom. The Morgan fingerprint density at radius 3 is 2.92 bits per heavy atom. The number of nitrogens with one attached hydrogen (secondary N) is 2. The molecule has 3 aromatic rings. The molecule has 0 spiro atoms. The molecule has 4 rings (SSSR count). The number of fused-ring (bicyclic) bond motifs is 1. The molecular weight excluding hydrogens is 346 g/mol. The Balaban J connectivity index is 1.42. The van der Waals surface area contributed by atoms with Gasteiger partial charge in [-0.3, -0.25) is 9.59 Å². The summed E-state index contributed by atoms with van der Waals surface area (Å²) in [6.45, 7) is 0. The lowest BCUT2D eigenvalue weighted by atomic mass is 10.1. The fourth-order valence-corrected chi connectivity index (χ4v) is 4.11. The van der Waals surface area contributed by atoms with Gasteiger partial charge in [0.1, 0.15) is 5.01 Å². The molecule has 1 fully saturated rings. The van der Waals surface area contributed by atoms with E-state index in [1.807, 2.05) is 42.5 Å². The number of carbonyl (C=O) groups excluding carboxylic acids is 2. The van der Waals surface area contributed by atoms with Crippen molar-refractivity contribution >= 4 is 39.1 Å². The highest BCUT2D eigenvalue weighted by molar-refractivity contribution is 7.21. The molecule has 1 saturated heterocycles. The van der Waals surface area contributed by atoms with Crippen LogP contribution in [0.5, 0.6) is 0 Å². The van der Waals surface area contributed by atoms with Crippen LogP contribution in [0, 0.1) is 0 Å². The normalized spacial score (nSPS) is 16.6. The first-order valence-electron chi connectivity index (χ1n) is 8.72. The Morgan fingerprint density at radius 1 is 1.23 bits per heavy atom. The molecule has 1 aliphatic heterocycles. The molecule has 2 heterocycles. The number of hydrogen-bond donors (Lipinski definition) is 2. The topological polar surface area (TPSA) is 71.1 Å². The molecule has 6 heteroatoms. The fraction of sp³-hybridized carbons (Fsp3) is 0.250. The largest absolute Gasteiger partial charge is 0.353 e. The summed E-state index contributed by atoms with van der Waals surface area (Å²) in [4.78, 5) is 28.1. The highest BCUT2D eigenvalue weighted by Gasteiger charge is 2.21. The predicted molar refractivity (Wildman–Crippen MR) is 104 cm³/mol. The second-order valence-corrected chi connectivity index (χ2v) is 7.49. The zero-order valence-electron chi connectivity index (χ0n) is 14.2. The summed E-state index contributed by atoms with van der Waals surface area (Å²) in [7, 11) is 0. The van der Waals surface area contributed by atoms with Crippen molar-refractivity contribution in [3.05, 3.63) is 48.5 Å². The van der Waals surface area contributed by atoms with Crippen molar-refractivity contribution in [2.45, 2.75) is 31.7 Å². The molecule has 5 nitrogen and oxygen atoms in total. The molecular formula is C20H19N3O2S. The van der Waals surface area contributed by atoms with Crippen molar-refractivity contribution in [1.29, 1.82) is 0 Å². The van der Waals surface area contributed by atoms with Gasteiger partial charge in [-0.05, 0) is 37.1 Å². The van der Waals surface area contributed by atoms with Gasteiger partial charge in [-0.2, -0.15) is 0 Å². The van der Waals surface area contributed by atoms with Crippen LogP contribution < -0.4 is 10.6 Å². The van der Waals surface area contributed by atoms with Crippen molar-refractivity contribution in [1.82, 2.24) is 10.3 Å². The van der Waals surface area contributed by atoms with E-state index in [-0.39, 0.29) is 17.9 Å². The van der Waals surface area contributed by atoms with E-state index in [2.05, 4.69) is 21.7 Å². The second-order valence-electron chi connectivity index (χ2n) is 6.46. The van der Waals surface area contributed by atoms with E-state index >= 15 is 0 Å². The SMILES string of the molecule is O=C(CCC1CCC(=O)N1)Nc1cccc(-c2nc3ccccc3s2)c1. The zero-order valence-corrected chi connectivity index (χ0v) is 15.0. The van der Waals surface area contributed by atoms with E-state index in [0.29, 0.717) is 19.3 Å². The lowest BCUT2D eigenvalue weighted by molar-refractivity contribution is -0.120. The van der Waals surface area contributed by atoms with Crippen LogP contribution in [0.25, 0.3) is 20.8 Å². The molecule has 0 radical (unpaired) electrons. The molecule has 1 aliphatic rings. The summed E-state index contributed by atoms with van der Waals surface area (Å²) in [5.41, 5.74) is 2.75. The summed E-state index contributed by atoms with van der Waals surface area (Å²) < 4.78 is 1.15. The van der Waals surface area contributed by atoms with Gasteiger partial charge < -0.3 is 10.6 Å². The van der Waals surface area contributed by atoms with Crippen LogP contribution in [-0.2, 0) is 9.59 Å². The van der Waals surface area contributed by atoms with Gasteiger partial charge in [0.05, 0.1) is 10.2 Å². The third-order valence-corrected chi connectivity index (χ3v) is 5.58. The van der Waals surface area contributed by atoms with Crippen LogP contribution in [-0.4, -0.2) is 22.8 Å². The van der Waals surface area contributed by atoms with Crippen molar-refractivity contribution in [2.75, 3.05) is 5.32 Å². The first-order valence-corrected chi connectivity index (χ1v) is 9.54. The van der Waals surface area contributed by atoms with Gasteiger partial charge in [0.15, 0.2) is 0 Å². The summed E-state index contributed by atoms with van der Waals surface area (Å²) >= 11 is 1.64. The molecule has 1 aromatic heterocycles. The molecule has 26 heavy (non-hydrogen) atoms. The van der Waals surface area contributed by atoms with Crippen molar-refractivity contribution in [3.8, 4) is 10.6 Å². The first-order chi connectivity index (χ1) is 12.7. The highest BCUT2D eigenvalue weighted by Crippen LogP contribution is 2.31. The van der Waals surface area contributed by atoms with Gasteiger partial charge in [0, 0.05) is 30.1 Å². The van der Waals surface area contributed by atoms with Crippen LogP contribution >= 0.6 is 11.3 Å². The Bertz CT molecular complexity index is 933. The van der Waals surface area contributed by atoms with Crippen molar-refractivity contribution in [2.24, 2.45) is 0 Å². The standard InChI is InChI=1S/C20H19N3O2S/c24-18-10-8-14(21-18)9-11-19(25)22-15-5-3-4-13(12-15)20-23-16-6-1-2-7-17(16)26-20/h1-7,12,14H,8-11H2,(H,21,24)(H,22,25). The maximum Gasteiger partial charge on any atom is 0.224 e. The minimum atomic E-state index is -0.0346. The number of hydrogen-bond acceptors (Lipinski definition) is 4. The molecule has 0 saturated carbocycles. The number of amides is 2. The average molecular weight is 365 g/mol. The second kappa shape index (κ2) is 7.25. The van der Waals surface area contributed by atoms with Gasteiger partial charge in [-0.15, -0.1) is 11.3 Å². The molecule has 0 bridgehead atoms. The summed E-state index contributed by atoms with van der Waals surface area (Å²) in [5.74, 6) is 0.0477. The van der Waals surface area contributed by atoms with Crippen LogP contribution in [0.2, 0.25) is 0 Å². The smallest absolute Gasteiger partial charge is 0.224 e. The molecule has 1 unspecified atom stereocenters. The van der Waals surface area contributed by atoms with E-state index < -0.39 is 0 Å². The zero-order chi connectivity index (χ0) is 17.9.